The molecule has 0 radical (unpaired) electrons. The summed E-state index contributed by atoms with van der Waals surface area (Å²) in [6.45, 7) is 3.62. The van der Waals surface area contributed by atoms with E-state index in [-0.39, 0.29) is 0 Å². The van der Waals surface area contributed by atoms with Crippen LogP contribution in [0.15, 0.2) is 12.2 Å². The molecule has 1 heteroatoms. The second-order valence-corrected chi connectivity index (χ2v) is 2.00. The smallest absolute Gasteiger partial charge is 0.0656 e. The quantitative estimate of drug-likeness (QED) is 0.417. The van der Waals surface area contributed by atoms with Crippen LogP contribution in [-0.4, -0.2) is 13.2 Å². The molecule has 0 aromatic carbocycles. The van der Waals surface area contributed by atoms with E-state index in [0.29, 0.717) is 6.61 Å². The van der Waals surface area contributed by atoms with Crippen LogP contribution in [0, 0.1) is 12.3 Å². The van der Waals surface area contributed by atoms with Gasteiger partial charge in [-0.15, -0.1) is 6.42 Å². The van der Waals surface area contributed by atoms with E-state index in [1.54, 1.807) is 6.08 Å². The first-order valence-electron chi connectivity index (χ1n) is 3.60. The molecule has 0 saturated heterocycles. The average Bonchev–Trinajstić information content (AvgIpc) is 1.97. The maximum atomic E-state index is 5.19. The summed E-state index contributed by atoms with van der Waals surface area (Å²) in [5.41, 5.74) is 0. The molecule has 0 unspecified atom stereocenters. The fraction of sp³-hybridized carbons (Fsp3) is 0.556. The van der Waals surface area contributed by atoms with Crippen LogP contribution in [0.4, 0.5) is 0 Å². The Morgan fingerprint density at radius 2 is 2.40 bits per heavy atom. The molecule has 0 aromatic heterocycles. The van der Waals surface area contributed by atoms with Gasteiger partial charge in [0, 0.05) is 6.61 Å². The van der Waals surface area contributed by atoms with Crippen molar-refractivity contribution in [3.63, 3.8) is 0 Å². The lowest BCUT2D eigenvalue weighted by atomic mass is 10.4. The summed E-state index contributed by atoms with van der Waals surface area (Å²) in [6, 6.07) is 0. The lowest BCUT2D eigenvalue weighted by Gasteiger charge is -1.96. The molecule has 56 valence electrons. The molecule has 0 N–H and O–H groups in total. The summed E-state index contributed by atoms with van der Waals surface area (Å²) in [7, 11) is 0. The predicted molar refractivity (Wildman–Crippen MR) is 43.7 cm³/mol. The van der Waals surface area contributed by atoms with E-state index < -0.39 is 0 Å². The van der Waals surface area contributed by atoms with E-state index in [1.807, 2.05) is 6.08 Å². The molecule has 0 fully saturated rings. The highest BCUT2D eigenvalue weighted by molar-refractivity contribution is 5.08. The van der Waals surface area contributed by atoms with Gasteiger partial charge < -0.3 is 4.74 Å². The van der Waals surface area contributed by atoms with Crippen molar-refractivity contribution in [2.24, 2.45) is 0 Å². The number of ether oxygens (including phenoxy) is 1. The highest BCUT2D eigenvalue weighted by Gasteiger charge is 1.81. The van der Waals surface area contributed by atoms with Crippen molar-refractivity contribution in [3.8, 4) is 12.3 Å². The molecule has 0 aliphatic rings. The Labute approximate surface area is 63.1 Å². The van der Waals surface area contributed by atoms with Gasteiger partial charge in [0.15, 0.2) is 0 Å². The van der Waals surface area contributed by atoms with Crippen molar-refractivity contribution in [1.29, 1.82) is 0 Å². The molecule has 0 heterocycles. The topological polar surface area (TPSA) is 9.23 Å². The minimum atomic E-state index is 0.643. The van der Waals surface area contributed by atoms with E-state index in [9.17, 15) is 0 Å². The lowest BCUT2D eigenvalue weighted by Crippen LogP contribution is -1.92. The van der Waals surface area contributed by atoms with Gasteiger partial charge in [-0.2, -0.15) is 0 Å². The molecular weight excluding hydrogens is 124 g/mol. The molecule has 0 amide bonds. The van der Waals surface area contributed by atoms with Crippen LogP contribution in [0.25, 0.3) is 0 Å². The van der Waals surface area contributed by atoms with Crippen molar-refractivity contribution < 1.29 is 4.74 Å². The minimum Gasteiger partial charge on any atom is -0.377 e. The summed E-state index contributed by atoms with van der Waals surface area (Å²) >= 11 is 0. The molecule has 0 saturated carbocycles. The number of hydrogen-bond acceptors (Lipinski definition) is 1. The Morgan fingerprint density at radius 3 is 3.00 bits per heavy atom. The van der Waals surface area contributed by atoms with Gasteiger partial charge in [-0.25, -0.2) is 0 Å². The third-order valence-electron chi connectivity index (χ3n) is 1.07. The molecule has 0 bridgehead atoms. The average molecular weight is 138 g/mol. The first-order chi connectivity index (χ1) is 4.91. The second kappa shape index (κ2) is 8.26. The number of rotatable bonds is 5. The third-order valence-corrected chi connectivity index (χ3v) is 1.07. The van der Waals surface area contributed by atoms with Gasteiger partial charge in [-0.05, 0) is 12.5 Å². The maximum Gasteiger partial charge on any atom is 0.0656 e. The first-order valence-corrected chi connectivity index (χ1v) is 3.60. The van der Waals surface area contributed by atoms with Crippen molar-refractivity contribution >= 4 is 0 Å². The van der Waals surface area contributed by atoms with E-state index >= 15 is 0 Å². The van der Waals surface area contributed by atoms with Crippen LogP contribution in [-0.2, 0) is 4.74 Å². The van der Waals surface area contributed by atoms with Crippen molar-refractivity contribution in [1.82, 2.24) is 0 Å². The summed E-state index contributed by atoms with van der Waals surface area (Å²) in [5, 5.41) is 0. The number of allylic oxidation sites excluding steroid dienone is 1. The minimum absolute atomic E-state index is 0.643. The molecule has 0 aliphatic carbocycles. The van der Waals surface area contributed by atoms with Gasteiger partial charge in [0.05, 0.1) is 6.61 Å². The van der Waals surface area contributed by atoms with Gasteiger partial charge in [-0.3, -0.25) is 0 Å². The fourth-order valence-corrected chi connectivity index (χ4v) is 0.514. The van der Waals surface area contributed by atoms with E-state index in [1.165, 1.54) is 6.42 Å². The van der Waals surface area contributed by atoms with Crippen LogP contribution in [0.1, 0.15) is 19.8 Å². The van der Waals surface area contributed by atoms with Crippen LogP contribution in [0.5, 0.6) is 0 Å². The zero-order valence-electron chi connectivity index (χ0n) is 6.47. The zero-order valence-corrected chi connectivity index (χ0v) is 6.47. The van der Waals surface area contributed by atoms with E-state index in [0.717, 1.165) is 13.0 Å². The molecule has 0 atom stereocenters. The summed E-state index contributed by atoms with van der Waals surface area (Å²) in [6.07, 6.45) is 10.8. The highest BCUT2D eigenvalue weighted by atomic mass is 16.5. The van der Waals surface area contributed by atoms with Crippen LogP contribution in [0.3, 0.4) is 0 Å². The number of unbranched alkanes of at least 4 members (excludes halogenated alkanes) is 1. The monoisotopic (exact) mass is 138 g/mol. The largest absolute Gasteiger partial charge is 0.377 e. The summed E-state index contributed by atoms with van der Waals surface area (Å²) < 4.78 is 5.19. The maximum absolute atomic E-state index is 5.19. The van der Waals surface area contributed by atoms with E-state index in [4.69, 9.17) is 11.2 Å². The van der Waals surface area contributed by atoms with Crippen molar-refractivity contribution in [3.05, 3.63) is 12.2 Å². The third kappa shape index (κ3) is 7.26. The standard InChI is InChI=1S/C9H14O/c1-3-5-7-9-10-8-6-4-2/h1,5,7H,4,6,8-9H2,2H3. The highest BCUT2D eigenvalue weighted by Crippen LogP contribution is 1.87. The lowest BCUT2D eigenvalue weighted by molar-refractivity contribution is 0.159. The predicted octanol–water partition coefficient (Wildman–Crippen LogP) is 1.99. The van der Waals surface area contributed by atoms with Crippen molar-refractivity contribution in [2.75, 3.05) is 13.2 Å². The Balaban J connectivity index is 2.92. The first kappa shape index (κ1) is 9.26. The van der Waals surface area contributed by atoms with Gasteiger partial charge >= 0.3 is 0 Å². The Bertz CT molecular complexity index is 119. The SMILES string of the molecule is C#CC=CCOCCCC. The number of terminal acetylenes is 1. The fourth-order valence-electron chi connectivity index (χ4n) is 0.514. The van der Waals surface area contributed by atoms with Crippen LogP contribution in [0.2, 0.25) is 0 Å². The molecule has 0 spiro atoms. The molecule has 1 nitrogen and oxygen atoms in total. The van der Waals surface area contributed by atoms with Gasteiger partial charge in [0.2, 0.25) is 0 Å². The Kier molecular flexibility index (Phi) is 7.65. The molecule has 0 rings (SSSR count). The second-order valence-electron chi connectivity index (χ2n) is 2.00. The summed E-state index contributed by atoms with van der Waals surface area (Å²) in [4.78, 5) is 0. The van der Waals surface area contributed by atoms with E-state index in [2.05, 4.69) is 12.8 Å². The van der Waals surface area contributed by atoms with Crippen LogP contribution >= 0.6 is 0 Å². The Hall–Kier alpha value is -0.740. The molecule has 10 heavy (non-hydrogen) atoms. The van der Waals surface area contributed by atoms with Gasteiger partial charge in [0.25, 0.3) is 0 Å². The molecule has 0 aromatic rings. The van der Waals surface area contributed by atoms with Crippen LogP contribution < -0.4 is 0 Å². The molecule has 0 aliphatic heterocycles. The van der Waals surface area contributed by atoms with Crippen molar-refractivity contribution in [2.45, 2.75) is 19.8 Å². The van der Waals surface area contributed by atoms with Gasteiger partial charge in [0.1, 0.15) is 0 Å². The molecular formula is C9H14O. The number of hydrogen-bond donors (Lipinski definition) is 0. The zero-order chi connectivity index (χ0) is 7.66. The normalized spacial score (nSPS) is 10.0. The summed E-state index contributed by atoms with van der Waals surface area (Å²) in [5.74, 6) is 2.40. The Morgan fingerprint density at radius 1 is 1.60 bits per heavy atom. The van der Waals surface area contributed by atoms with Gasteiger partial charge in [-0.1, -0.05) is 25.3 Å².